The smallest absolute Gasteiger partial charge is 0.131 e. The van der Waals surface area contributed by atoms with Gasteiger partial charge in [-0.3, -0.25) is 0 Å². The zero-order valence-corrected chi connectivity index (χ0v) is 7.10. The van der Waals surface area contributed by atoms with Crippen LogP contribution in [0.5, 0.6) is 0 Å². The third-order valence-corrected chi connectivity index (χ3v) is 1.86. The van der Waals surface area contributed by atoms with Crippen molar-refractivity contribution in [3.05, 3.63) is 47.8 Å². The van der Waals surface area contributed by atoms with Crippen molar-refractivity contribution in [3.63, 3.8) is 0 Å². The molecule has 12 heavy (non-hydrogen) atoms. The predicted octanol–water partition coefficient (Wildman–Crippen LogP) is 3.42. The van der Waals surface area contributed by atoms with Crippen LogP contribution < -0.4 is 0 Å². The van der Waals surface area contributed by atoms with Crippen molar-refractivity contribution < 1.29 is 4.39 Å². The Labute approximate surface area is 72.0 Å². The van der Waals surface area contributed by atoms with Crippen LogP contribution in [0.25, 0.3) is 12.2 Å². The molecule has 0 spiro atoms. The molecule has 1 rings (SSSR count). The highest BCUT2D eigenvalue weighted by molar-refractivity contribution is 5.66. The molecule has 0 saturated carbocycles. The molecule has 0 radical (unpaired) electrons. The standard InChI is InChI=1S/C11H11F/c1-4-9-8(3)6-7-11(12)10(9)5-2/h4-7H,1-2H2,3H3. The molecule has 0 fully saturated rings. The third-order valence-electron chi connectivity index (χ3n) is 1.86. The number of hydrogen-bond acceptors (Lipinski definition) is 0. The molecular weight excluding hydrogens is 151 g/mol. The first-order valence-corrected chi connectivity index (χ1v) is 3.74. The molecule has 0 unspecified atom stereocenters. The van der Waals surface area contributed by atoms with Crippen LogP contribution in [0.15, 0.2) is 25.3 Å². The summed E-state index contributed by atoms with van der Waals surface area (Å²) in [7, 11) is 0. The van der Waals surface area contributed by atoms with Gasteiger partial charge in [0, 0.05) is 5.56 Å². The van der Waals surface area contributed by atoms with Crippen LogP contribution in [0.4, 0.5) is 4.39 Å². The van der Waals surface area contributed by atoms with Crippen LogP contribution in [-0.2, 0) is 0 Å². The molecule has 1 aromatic carbocycles. The Bertz CT molecular complexity index is 291. The molecule has 0 bridgehead atoms. The van der Waals surface area contributed by atoms with Crippen molar-refractivity contribution in [1.82, 2.24) is 0 Å². The second-order valence-corrected chi connectivity index (χ2v) is 2.60. The monoisotopic (exact) mass is 162 g/mol. The van der Waals surface area contributed by atoms with E-state index in [1.165, 1.54) is 12.1 Å². The van der Waals surface area contributed by atoms with E-state index in [0.717, 1.165) is 11.1 Å². The summed E-state index contributed by atoms with van der Waals surface area (Å²) in [5.74, 6) is -0.245. The van der Waals surface area contributed by atoms with Crippen LogP contribution in [0.3, 0.4) is 0 Å². The molecule has 0 aromatic heterocycles. The highest BCUT2D eigenvalue weighted by Crippen LogP contribution is 2.19. The van der Waals surface area contributed by atoms with Gasteiger partial charge in [0.1, 0.15) is 5.82 Å². The maximum absolute atomic E-state index is 13.1. The lowest BCUT2D eigenvalue weighted by Crippen LogP contribution is -1.90. The average Bonchev–Trinajstić information content (AvgIpc) is 2.08. The highest BCUT2D eigenvalue weighted by atomic mass is 19.1. The number of benzene rings is 1. The van der Waals surface area contributed by atoms with E-state index in [1.807, 2.05) is 6.92 Å². The van der Waals surface area contributed by atoms with E-state index in [-0.39, 0.29) is 5.82 Å². The van der Waals surface area contributed by atoms with E-state index in [1.54, 1.807) is 12.1 Å². The Morgan fingerprint density at radius 1 is 1.17 bits per heavy atom. The van der Waals surface area contributed by atoms with Crippen LogP contribution in [-0.4, -0.2) is 0 Å². The van der Waals surface area contributed by atoms with Crippen molar-refractivity contribution in [1.29, 1.82) is 0 Å². The first kappa shape index (κ1) is 8.72. The number of halogens is 1. The van der Waals surface area contributed by atoms with Gasteiger partial charge in [0.05, 0.1) is 0 Å². The molecule has 0 nitrogen and oxygen atoms in total. The Morgan fingerprint density at radius 2 is 1.75 bits per heavy atom. The van der Waals surface area contributed by atoms with Gasteiger partial charge in [0.25, 0.3) is 0 Å². The molecule has 0 saturated heterocycles. The maximum atomic E-state index is 13.1. The SMILES string of the molecule is C=Cc1c(C)ccc(F)c1C=C. The second-order valence-electron chi connectivity index (χ2n) is 2.60. The van der Waals surface area contributed by atoms with Crippen molar-refractivity contribution in [2.75, 3.05) is 0 Å². The van der Waals surface area contributed by atoms with Crippen molar-refractivity contribution in [3.8, 4) is 0 Å². The number of aryl methyl sites for hydroxylation is 1. The first-order valence-electron chi connectivity index (χ1n) is 3.74. The average molecular weight is 162 g/mol. The summed E-state index contributed by atoms with van der Waals surface area (Å²) in [5, 5.41) is 0. The van der Waals surface area contributed by atoms with Crippen LogP contribution >= 0.6 is 0 Å². The molecule has 62 valence electrons. The molecule has 1 heteroatoms. The van der Waals surface area contributed by atoms with Gasteiger partial charge < -0.3 is 0 Å². The number of hydrogen-bond donors (Lipinski definition) is 0. The predicted molar refractivity (Wildman–Crippen MR) is 51.3 cm³/mol. The summed E-state index contributed by atoms with van der Waals surface area (Å²) < 4.78 is 13.1. The lowest BCUT2D eigenvalue weighted by Gasteiger charge is -2.05. The Balaban J connectivity index is 3.48. The molecule has 0 atom stereocenters. The van der Waals surface area contributed by atoms with E-state index in [0.29, 0.717) is 5.56 Å². The summed E-state index contributed by atoms with van der Waals surface area (Å²) in [6.45, 7) is 9.10. The van der Waals surface area contributed by atoms with Gasteiger partial charge in [0.15, 0.2) is 0 Å². The van der Waals surface area contributed by atoms with Crippen molar-refractivity contribution >= 4 is 12.2 Å². The molecule has 0 aliphatic heterocycles. The first-order chi connectivity index (χ1) is 5.70. The minimum absolute atomic E-state index is 0.245. The molecule has 0 heterocycles. The van der Waals surface area contributed by atoms with Gasteiger partial charge in [-0.05, 0) is 24.1 Å². The van der Waals surface area contributed by atoms with Gasteiger partial charge >= 0.3 is 0 Å². The van der Waals surface area contributed by atoms with Crippen molar-refractivity contribution in [2.45, 2.75) is 6.92 Å². The largest absolute Gasteiger partial charge is 0.206 e. The summed E-state index contributed by atoms with van der Waals surface area (Å²) in [5.41, 5.74) is 2.37. The van der Waals surface area contributed by atoms with Crippen LogP contribution in [0.2, 0.25) is 0 Å². The fraction of sp³-hybridized carbons (Fsp3) is 0.0909. The Kier molecular flexibility index (Phi) is 2.44. The fourth-order valence-electron chi connectivity index (χ4n) is 1.20. The van der Waals surface area contributed by atoms with Crippen LogP contribution in [0, 0.1) is 12.7 Å². The normalized spacial score (nSPS) is 9.50. The molecule has 1 aromatic rings. The third kappa shape index (κ3) is 1.30. The molecule has 0 amide bonds. The molecule has 0 aliphatic carbocycles. The van der Waals surface area contributed by atoms with E-state index >= 15 is 0 Å². The molecular formula is C11H11F. The minimum atomic E-state index is -0.245. The van der Waals surface area contributed by atoms with Gasteiger partial charge in [-0.2, -0.15) is 0 Å². The number of rotatable bonds is 2. The van der Waals surface area contributed by atoms with E-state index in [2.05, 4.69) is 13.2 Å². The summed E-state index contributed by atoms with van der Waals surface area (Å²) in [6.07, 6.45) is 3.16. The summed E-state index contributed by atoms with van der Waals surface area (Å²) >= 11 is 0. The van der Waals surface area contributed by atoms with Gasteiger partial charge in [-0.15, -0.1) is 0 Å². The second kappa shape index (κ2) is 3.35. The van der Waals surface area contributed by atoms with E-state index < -0.39 is 0 Å². The lowest BCUT2D eigenvalue weighted by molar-refractivity contribution is 0.624. The summed E-state index contributed by atoms with van der Waals surface area (Å²) in [4.78, 5) is 0. The van der Waals surface area contributed by atoms with E-state index in [9.17, 15) is 4.39 Å². The zero-order valence-electron chi connectivity index (χ0n) is 7.10. The van der Waals surface area contributed by atoms with Gasteiger partial charge in [-0.1, -0.05) is 31.4 Å². The fourth-order valence-corrected chi connectivity index (χ4v) is 1.20. The van der Waals surface area contributed by atoms with Crippen molar-refractivity contribution in [2.24, 2.45) is 0 Å². The minimum Gasteiger partial charge on any atom is -0.206 e. The Morgan fingerprint density at radius 3 is 2.17 bits per heavy atom. The van der Waals surface area contributed by atoms with Crippen LogP contribution in [0.1, 0.15) is 16.7 Å². The topological polar surface area (TPSA) is 0 Å². The maximum Gasteiger partial charge on any atom is 0.131 e. The molecule has 0 N–H and O–H groups in total. The quantitative estimate of drug-likeness (QED) is 0.625. The highest BCUT2D eigenvalue weighted by Gasteiger charge is 2.04. The molecule has 0 aliphatic rings. The lowest BCUT2D eigenvalue weighted by atomic mass is 10.0. The summed E-state index contributed by atoms with van der Waals surface area (Å²) in [6, 6.07) is 3.18. The van der Waals surface area contributed by atoms with E-state index in [4.69, 9.17) is 0 Å². The van der Waals surface area contributed by atoms with Gasteiger partial charge in [-0.25, -0.2) is 4.39 Å². The van der Waals surface area contributed by atoms with Gasteiger partial charge in [0.2, 0.25) is 0 Å². The zero-order chi connectivity index (χ0) is 9.14. The Hall–Kier alpha value is -1.37.